The van der Waals surface area contributed by atoms with Gasteiger partial charge >= 0.3 is 0 Å². The number of nitrogens with zero attached hydrogens (tertiary/aromatic N) is 1. The van der Waals surface area contributed by atoms with Gasteiger partial charge in [-0.2, -0.15) is 8.78 Å². The number of halogens is 4. The highest BCUT2D eigenvalue weighted by molar-refractivity contribution is 5.76. The Bertz CT molecular complexity index is 518. The van der Waals surface area contributed by atoms with E-state index in [-0.39, 0.29) is 6.42 Å². The molecule has 21 heavy (non-hydrogen) atoms. The summed E-state index contributed by atoms with van der Waals surface area (Å²) in [6.45, 7) is 1.30. The van der Waals surface area contributed by atoms with Crippen molar-refractivity contribution in [2.75, 3.05) is 26.2 Å². The van der Waals surface area contributed by atoms with E-state index in [2.05, 4.69) is 5.32 Å². The van der Waals surface area contributed by atoms with E-state index < -0.39 is 35.6 Å². The molecule has 1 aliphatic rings. The Kier molecular flexibility index (Phi) is 4.82. The Morgan fingerprint density at radius 2 is 2.00 bits per heavy atom. The third-order valence-electron chi connectivity index (χ3n) is 3.43. The molecule has 1 fully saturated rings. The first kappa shape index (κ1) is 15.8. The second-order valence-corrected chi connectivity index (χ2v) is 5.05. The summed E-state index contributed by atoms with van der Waals surface area (Å²) in [4.78, 5) is 13.5. The highest BCUT2D eigenvalue weighted by atomic mass is 19.3. The molecule has 1 N–H and O–H groups in total. The summed E-state index contributed by atoms with van der Waals surface area (Å²) in [7, 11) is 0. The number of carbonyl (C=O) groups excluding carboxylic acids is 1. The quantitative estimate of drug-likeness (QED) is 0.818. The summed E-state index contributed by atoms with van der Waals surface area (Å²) in [5.74, 6) is -6.33. The zero-order valence-electron chi connectivity index (χ0n) is 11.3. The molecule has 0 saturated carbocycles. The fraction of sp³-hybridized carbons (Fsp3) is 0.500. The number of hydrogen-bond donors (Lipinski definition) is 1. The summed E-state index contributed by atoms with van der Waals surface area (Å²) < 4.78 is 53.9. The third kappa shape index (κ3) is 4.17. The van der Waals surface area contributed by atoms with Crippen LogP contribution in [0.25, 0.3) is 0 Å². The lowest BCUT2D eigenvalue weighted by Crippen LogP contribution is -2.41. The summed E-state index contributed by atoms with van der Waals surface area (Å²) in [5.41, 5.74) is -1.05. The van der Waals surface area contributed by atoms with Crippen LogP contribution in [-0.4, -0.2) is 37.0 Å². The normalized spacial score (nSPS) is 15.6. The number of carbonyl (C=O) groups is 1. The van der Waals surface area contributed by atoms with Crippen molar-refractivity contribution >= 4 is 5.91 Å². The molecule has 7 heteroatoms. The van der Waals surface area contributed by atoms with Crippen molar-refractivity contribution in [1.29, 1.82) is 0 Å². The number of alkyl halides is 2. The van der Waals surface area contributed by atoms with Crippen molar-refractivity contribution in [2.24, 2.45) is 0 Å². The second-order valence-electron chi connectivity index (χ2n) is 5.05. The predicted octanol–water partition coefficient (Wildman–Crippen LogP) is 2.27. The van der Waals surface area contributed by atoms with Crippen molar-refractivity contribution in [3.8, 4) is 0 Å². The summed E-state index contributed by atoms with van der Waals surface area (Å²) >= 11 is 0. The number of likely N-dealkylation sites (tertiary alicyclic amines) is 1. The highest BCUT2D eigenvalue weighted by Gasteiger charge is 2.35. The minimum Gasteiger partial charge on any atom is -0.350 e. The molecule has 0 atom stereocenters. The molecule has 3 nitrogen and oxygen atoms in total. The molecule has 1 heterocycles. The van der Waals surface area contributed by atoms with Crippen LogP contribution in [-0.2, 0) is 10.7 Å². The maximum atomic E-state index is 13.8. The Labute approximate surface area is 119 Å². The van der Waals surface area contributed by atoms with E-state index in [0.29, 0.717) is 18.7 Å². The van der Waals surface area contributed by atoms with E-state index in [1.807, 2.05) is 4.90 Å². The van der Waals surface area contributed by atoms with Crippen molar-refractivity contribution in [2.45, 2.75) is 18.8 Å². The van der Waals surface area contributed by atoms with Gasteiger partial charge in [0.15, 0.2) is 0 Å². The molecule has 0 radical (unpaired) electrons. The third-order valence-corrected chi connectivity index (χ3v) is 3.43. The van der Waals surface area contributed by atoms with E-state index in [9.17, 15) is 22.4 Å². The Morgan fingerprint density at radius 3 is 2.62 bits per heavy atom. The molecule has 0 aromatic heterocycles. The van der Waals surface area contributed by atoms with E-state index in [0.717, 1.165) is 25.6 Å². The molecule has 2 rings (SSSR count). The Balaban J connectivity index is 1.87. The lowest BCUT2D eigenvalue weighted by Gasteiger charge is -2.30. The van der Waals surface area contributed by atoms with Crippen LogP contribution >= 0.6 is 0 Å². The predicted molar refractivity (Wildman–Crippen MR) is 68.9 cm³/mol. The Hall–Kier alpha value is -1.63. The van der Waals surface area contributed by atoms with Crippen molar-refractivity contribution in [3.05, 3.63) is 35.4 Å². The van der Waals surface area contributed by atoms with Crippen LogP contribution < -0.4 is 5.32 Å². The van der Waals surface area contributed by atoms with Gasteiger partial charge in [0, 0.05) is 13.0 Å². The molecular weight excluding hydrogens is 288 g/mol. The van der Waals surface area contributed by atoms with E-state index >= 15 is 0 Å². The first-order valence-electron chi connectivity index (χ1n) is 6.71. The van der Waals surface area contributed by atoms with Crippen molar-refractivity contribution in [3.63, 3.8) is 0 Å². The van der Waals surface area contributed by atoms with Gasteiger partial charge in [-0.1, -0.05) is 0 Å². The zero-order chi connectivity index (χ0) is 15.5. The topological polar surface area (TPSA) is 32.3 Å². The minimum atomic E-state index is -3.65. The van der Waals surface area contributed by atoms with Crippen LogP contribution in [0.4, 0.5) is 17.6 Å². The molecule has 0 spiro atoms. The first-order chi connectivity index (χ1) is 9.88. The standard InChI is InChI=1S/C14H16F4N2O/c15-10-2-3-12(16)11(8-10)14(17,18)9-19-13(21)4-7-20-5-1-6-20/h2-3,8H,1,4-7,9H2,(H,19,21). The van der Waals surface area contributed by atoms with Crippen LogP contribution in [0.2, 0.25) is 0 Å². The van der Waals surface area contributed by atoms with E-state index in [1.165, 1.54) is 0 Å². The molecule has 1 aliphatic heterocycles. The molecule has 1 aromatic carbocycles. The zero-order valence-corrected chi connectivity index (χ0v) is 11.3. The number of amides is 1. The molecule has 1 saturated heterocycles. The van der Waals surface area contributed by atoms with Crippen LogP contribution in [0, 0.1) is 11.6 Å². The molecule has 0 aliphatic carbocycles. The molecular formula is C14H16F4N2O. The lowest BCUT2D eigenvalue weighted by atomic mass is 10.1. The van der Waals surface area contributed by atoms with Crippen LogP contribution in [0.1, 0.15) is 18.4 Å². The van der Waals surface area contributed by atoms with Crippen LogP contribution in [0.15, 0.2) is 18.2 Å². The first-order valence-corrected chi connectivity index (χ1v) is 6.71. The van der Waals surface area contributed by atoms with Crippen molar-refractivity contribution in [1.82, 2.24) is 10.2 Å². The molecule has 0 unspecified atom stereocenters. The molecule has 1 aromatic rings. The molecule has 0 bridgehead atoms. The van der Waals surface area contributed by atoms with Gasteiger partial charge in [0.05, 0.1) is 12.1 Å². The lowest BCUT2D eigenvalue weighted by molar-refractivity contribution is -0.123. The fourth-order valence-corrected chi connectivity index (χ4v) is 2.04. The summed E-state index contributed by atoms with van der Waals surface area (Å²) in [6.07, 6.45) is 1.19. The highest BCUT2D eigenvalue weighted by Crippen LogP contribution is 2.29. The van der Waals surface area contributed by atoms with E-state index in [1.54, 1.807) is 0 Å². The summed E-state index contributed by atoms with van der Waals surface area (Å²) in [5, 5.41) is 2.07. The monoisotopic (exact) mass is 304 g/mol. The van der Waals surface area contributed by atoms with Gasteiger partial charge in [-0.3, -0.25) is 4.79 Å². The van der Waals surface area contributed by atoms with Gasteiger partial charge in [-0.25, -0.2) is 8.78 Å². The maximum Gasteiger partial charge on any atom is 0.293 e. The Morgan fingerprint density at radius 1 is 1.29 bits per heavy atom. The fourth-order valence-electron chi connectivity index (χ4n) is 2.04. The van der Waals surface area contributed by atoms with Gasteiger partial charge in [0.25, 0.3) is 5.92 Å². The largest absolute Gasteiger partial charge is 0.350 e. The maximum absolute atomic E-state index is 13.8. The molecule has 116 valence electrons. The second kappa shape index (κ2) is 6.43. The van der Waals surface area contributed by atoms with Gasteiger partial charge in [-0.15, -0.1) is 0 Å². The van der Waals surface area contributed by atoms with Gasteiger partial charge < -0.3 is 10.2 Å². The minimum absolute atomic E-state index is 0.113. The number of hydrogen-bond acceptors (Lipinski definition) is 2. The average molecular weight is 304 g/mol. The van der Waals surface area contributed by atoms with Crippen LogP contribution in [0.3, 0.4) is 0 Å². The number of rotatable bonds is 6. The number of benzene rings is 1. The smallest absolute Gasteiger partial charge is 0.293 e. The van der Waals surface area contributed by atoms with Crippen LogP contribution in [0.5, 0.6) is 0 Å². The summed E-state index contributed by atoms with van der Waals surface area (Å²) in [6, 6.07) is 1.85. The average Bonchev–Trinajstić information content (AvgIpc) is 2.37. The molecule has 1 amide bonds. The van der Waals surface area contributed by atoms with Gasteiger partial charge in [0.1, 0.15) is 11.6 Å². The van der Waals surface area contributed by atoms with Crippen molar-refractivity contribution < 1.29 is 22.4 Å². The van der Waals surface area contributed by atoms with Gasteiger partial charge in [0.2, 0.25) is 5.91 Å². The SMILES string of the molecule is O=C(CCN1CCC1)NCC(F)(F)c1cc(F)ccc1F. The number of nitrogens with one attached hydrogen (secondary N) is 1. The van der Waals surface area contributed by atoms with E-state index in [4.69, 9.17) is 0 Å². The van der Waals surface area contributed by atoms with Gasteiger partial charge in [-0.05, 0) is 37.7 Å².